The fourth-order valence-corrected chi connectivity index (χ4v) is 3.66. The fourth-order valence-electron chi connectivity index (χ4n) is 3.66. The molecule has 2 N–H and O–H groups in total. The Bertz CT molecular complexity index is 1120. The van der Waals surface area contributed by atoms with E-state index in [1.807, 2.05) is 12.1 Å². The van der Waals surface area contributed by atoms with Crippen molar-refractivity contribution in [1.82, 2.24) is 0 Å². The minimum atomic E-state index is 1.10. The zero-order chi connectivity index (χ0) is 20.2. The molecule has 2 aromatic heterocycles. The Labute approximate surface area is 176 Å². The summed E-state index contributed by atoms with van der Waals surface area (Å²) in [6.07, 6.45) is 4.13. The Morgan fingerprint density at radius 2 is 0.667 bits per heavy atom. The first-order chi connectivity index (χ1) is 14.9. The Kier molecular flexibility index (Phi) is 4.89. The van der Waals surface area contributed by atoms with E-state index in [2.05, 4.69) is 119 Å². The predicted octanol–water partition coefficient (Wildman–Crippen LogP) is 5.98. The van der Waals surface area contributed by atoms with E-state index < -0.39 is 0 Å². The third kappa shape index (κ3) is 3.76. The summed E-state index contributed by atoms with van der Waals surface area (Å²) in [4.78, 5) is 6.86. The van der Waals surface area contributed by atoms with Crippen molar-refractivity contribution in [1.29, 1.82) is 0 Å². The molecule has 0 aliphatic carbocycles. The lowest BCUT2D eigenvalue weighted by atomic mass is 10.0. The second-order valence-corrected chi connectivity index (χ2v) is 7.29. The molecule has 2 nitrogen and oxygen atoms in total. The van der Waals surface area contributed by atoms with Gasteiger partial charge in [0, 0.05) is 34.4 Å². The number of rotatable bonds is 4. The maximum atomic E-state index is 3.43. The lowest BCUT2D eigenvalue weighted by molar-refractivity contribution is -0.364. The van der Waals surface area contributed by atoms with Gasteiger partial charge in [0.25, 0.3) is 0 Å². The van der Waals surface area contributed by atoms with Crippen molar-refractivity contribution in [3.63, 3.8) is 0 Å². The standard InChI is InChI=1S/C28H20N2/c1-3-7-21(8-4-1)25-15-17-27(29-19-25)23-11-13-24(14-12-23)28-18-16-26(20-30-28)22-9-5-2-6-10-22/h1-20H/p+2. The highest BCUT2D eigenvalue weighted by atomic mass is 14.7. The molecular weight excluding hydrogens is 364 g/mol. The molecule has 0 aliphatic heterocycles. The summed E-state index contributed by atoms with van der Waals surface area (Å²) in [5, 5.41) is 0. The molecule has 0 amide bonds. The van der Waals surface area contributed by atoms with Crippen molar-refractivity contribution in [3.05, 3.63) is 122 Å². The number of hydrogen-bond acceptors (Lipinski definition) is 0. The zero-order valence-electron chi connectivity index (χ0n) is 16.5. The second-order valence-electron chi connectivity index (χ2n) is 7.29. The summed E-state index contributed by atoms with van der Waals surface area (Å²) >= 11 is 0. The van der Waals surface area contributed by atoms with Crippen LogP contribution in [-0.4, -0.2) is 0 Å². The number of aromatic nitrogens is 2. The van der Waals surface area contributed by atoms with Crippen LogP contribution in [0.1, 0.15) is 0 Å². The highest BCUT2D eigenvalue weighted by Crippen LogP contribution is 2.24. The molecule has 2 heterocycles. The lowest BCUT2D eigenvalue weighted by Crippen LogP contribution is -2.07. The molecular formula is C28H22N2+2. The van der Waals surface area contributed by atoms with Crippen LogP contribution >= 0.6 is 0 Å². The van der Waals surface area contributed by atoms with Gasteiger partial charge in [0.05, 0.1) is 0 Å². The number of nitrogens with one attached hydrogen (secondary N) is 2. The fraction of sp³-hybridized carbons (Fsp3) is 0. The number of hydrogen-bond donors (Lipinski definition) is 0. The normalized spacial score (nSPS) is 10.7. The number of aromatic amines is 2. The van der Waals surface area contributed by atoms with Gasteiger partial charge in [-0.3, -0.25) is 0 Å². The average Bonchev–Trinajstić information content (AvgIpc) is 2.85. The highest BCUT2D eigenvalue weighted by molar-refractivity contribution is 5.68. The number of H-pyrrole nitrogens is 2. The van der Waals surface area contributed by atoms with Crippen LogP contribution in [0.25, 0.3) is 44.8 Å². The summed E-state index contributed by atoms with van der Waals surface area (Å²) in [6.45, 7) is 0. The Hall–Kier alpha value is -4.04. The molecule has 2 heteroatoms. The molecule has 3 aromatic carbocycles. The van der Waals surface area contributed by atoms with Gasteiger partial charge in [-0.2, -0.15) is 0 Å². The minimum Gasteiger partial charge on any atom is -0.211 e. The molecule has 30 heavy (non-hydrogen) atoms. The van der Waals surface area contributed by atoms with Gasteiger partial charge in [0.1, 0.15) is 0 Å². The largest absolute Gasteiger partial charge is 0.211 e. The smallest absolute Gasteiger partial charge is 0.210 e. The first-order valence-corrected chi connectivity index (χ1v) is 10.1. The minimum absolute atomic E-state index is 1.10. The van der Waals surface area contributed by atoms with E-state index in [4.69, 9.17) is 0 Å². The van der Waals surface area contributed by atoms with E-state index in [9.17, 15) is 0 Å². The summed E-state index contributed by atoms with van der Waals surface area (Å²) in [7, 11) is 0. The maximum Gasteiger partial charge on any atom is 0.210 e. The van der Waals surface area contributed by atoms with Crippen LogP contribution in [0.5, 0.6) is 0 Å². The maximum absolute atomic E-state index is 3.43. The van der Waals surface area contributed by atoms with E-state index >= 15 is 0 Å². The second kappa shape index (κ2) is 8.14. The molecule has 0 bridgehead atoms. The average molecular weight is 386 g/mol. The predicted molar refractivity (Wildman–Crippen MR) is 121 cm³/mol. The van der Waals surface area contributed by atoms with Crippen LogP contribution < -0.4 is 9.97 Å². The van der Waals surface area contributed by atoms with Crippen LogP contribution in [-0.2, 0) is 0 Å². The van der Waals surface area contributed by atoms with Crippen molar-refractivity contribution in [2.75, 3.05) is 0 Å². The number of pyridine rings is 2. The third-order valence-corrected chi connectivity index (χ3v) is 5.35. The van der Waals surface area contributed by atoms with Crippen molar-refractivity contribution in [2.45, 2.75) is 0 Å². The van der Waals surface area contributed by atoms with Crippen LogP contribution in [0.2, 0.25) is 0 Å². The van der Waals surface area contributed by atoms with E-state index in [0.29, 0.717) is 0 Å². The van der Waals surface area contributed by atoms with Gasteiger partial charge in [-0.05, 0) is 47.5 Å². The van der Waals surface area contributed by atoms with Gasteiger partial charge >= 0.3 is 0 Å². The van der Waals surface area contributed by atoms with Gasteiger partial charge < -0.3 is 0 Å². The quantitative estimate of drug-likeness (QED) is 0.363. The van der Waals surface area contributed by atoms with Gasteiger partial charge in [-0.15, -0.1) is 0 Å². The van der Waals surface area contributed by atoms with E-state index in [1.54, 1.807) is 0 Å². The van der Waals surface area contributed by atoms with Gasteiger partial charge in [0.15, 0.2) is 12.4 Å². The van der Waals surface area contributed by atoms with Crippen molar-refractivity contribution in [2.24, 2.45) is 0 Å². The van der Waals surface area contributed by atoms with E-state index in [-0.39, 0.29) is 0 Å². The van der Waals surface area contributed by atoms with Crippen LogP contribution in [0.15, 0.2) is 122 Å². The van der Waals surface area contributed by atoms with Gasteiger partial charge in [-0.25, -0.2) is 9.97 Å². The first-order valence-electron chi connectivity index (χ1n) is 10.1. The number of benzene rings is 3. The van der Waals surface area contributed by atoms with Gasteiger partial charge in [-0.1, -0.05) is 60.7 Å². The molecule has 0 radical (unpaired) electrons. The zero-order valence-corrected chi connectivity index (χ0v) is 16.5. The molecule has 0 aliphatic rings. The molecule has 5 aromatic rings. The van der Waals surface area contributed by atoms with E-state index in [1.165, 1.54) is 33.4 Å². The molecule has 0 unspecified atom stereocenters. The summed E-state index contributed by atoms with van der Waals surface area (Å²) in [6, 6.07) is 38.0. The van der Waals surface area contributed by atoms with Crippen LogP contribution in [0.4, 0.5) is 0 Å². The topological polar surface area (TPSA) is 28.3 Å². The molecule has 0 saturated heterocycles. The van der Waals surface area contributed by atoms with Crippen molar-refractivity contribution < 1.29 is 9.97 Å². The lowest BCUT2D eigenvalue weighted by Gasteiger charge is -2.02. The summed E-state index contributed by atoms with van der Waals surface area (Å²) < 4.78 is 0. The van der Waals surface area contributed by atoms with Crippen molar-refractivity contribution in [3.8, 4) is 44.8 Å². The summed E-state index contributed by atoms with van der Waals surface area (Å²) in [5.74, 6) is 0. The SMILES string of the molecule is c1ccc(-c2ccc(-c3ccc(-c4ccc(-c5ccccc5)c[nH+]4)cc3)[nH+]c2)cc1. The molecule has 0 atom stereocenters. The Morgan fingerprint density at radius 1 is 0.300 bits per heavy atom. The molecule has 0 spiro atoms. The van der Waals surface area contributed by atoms with Crippen LogP contribution in [0.3, 0.4) is 0 Å². The molecule has 0 fully saturated rings. The van der Waals surface area contributed by atoms with Crippen molar-refractivity contribution >= 4 is 0 Å². The Morgan fingerprint density at radius 3 is 1.00 bits per heavy atom. The third-order valence-electron chi connectivity index (χ3n) is 5.35. The Balaban J connectivity index is 1.35. The van der Waals surface area contributed by atoms with E-state index in [0.717, 1.165) is 11.4 Å². The van der Waals surface area contributed by atoms with Gasteiger partial charge in [0.2, 0.25) is 11.4 Å². The van der Waals surface area contributed by atoms with Crippen LogP contribution in [0, 0.1) is 0 Å². The molecule has 5 rings (SSSR count). The summed E-state index contributed by atoms with van der Waals surface area (Å²) in [5.41, 5.74) is 9.33. The molecule has 142 valence electrons. The molecule has 0 saturated carbocycles. The first kappa shape index (κ1) is 18.0. The highest BCUT2D eigenvalue weighted by Gasteiger charge is 2.10. The monoisotopic (exact) mass is 386 g/mol.